The molecule has 0 aliphatic heterocycles. The Balaban J connectivity index is 2.19. The highest BCUT2D eigenvalue weighted by atomic mass is 16.5. The fraction of sp³-hybridized carbons (Fsp3) is 0.294. The zero-order valence-electron chi connectivity index (χ0n) is 11.8. The van der Waals surface area contributed by atoms with E-state index >= 15 is 0 Å². The fourth-order valence-corrected chi connectivity index (χ4v) is 1.88. The molecule has 0 aliphatic carbocycles. The van der Waals surface area contributed by atoms with Gasteiger partial charge in [0.25, 0.3) is 0 Å². The van der Waals surface area contributed by atoms with Gasteiger partial charge >= 0.3 is 0 Å². The van der Waals surface area contributed by atoms with Gasteiger partial charge in [0.2, 0.25) is 0 Å². The molecule has 2 heteroatoms. The average Bonchev–Trinajstić information content (AvgIpc) is 2.40. The second kappa shape index (κ2) is 6.39. The minimum atomic E-state index is 0.463. The summed E-state index contributed by atoms with van der Waals surface area (Å²) in [6.45, 7) is 7.22. The van der Waals surface area contributed by atoms with Crippen LogP contribution >= 0.6 is 0 Å². The Kier molecular flexibility index (Phi) is 4.58. The molecule has 0 saturated carbocycles. The van der Waals surface area contributed by atoms with Gasteiger partial charge in [-0.25, -0.2) is 0 Å². The van der Waals surface area contributed by atoms with Crippen LogP contribution in [-0.2, 0) is 6.54 Å². The number of benzene rings is 2. The predicted molar refractivity (Wildman–Crippen MR) is 79.7 cm³/mol. The van der Waals surface area contributed by atoms with Crippen molar-refractivity contribution in [3.8, 4) is 11.5 Å². The number of ether oxygens (including phenoxy) is 1. The van der Waals surface area contributed by atoms with Crippen LogP contribution in [0.3, 0.4) is 0 Å². The van der Waals surface area contributed by atoms with Gasteiger partial charge in [0.1, 0.15) is 11.5 Å². The van der Waals surface area contributed by atoms with Gasteiger partial charge in [-0.3, -0.25) is 0 Å². The summed E-state index contributed by atoms with van der Waals surface area (Å²) in [4.78, 5) is 0. The normalized spacial score (nSPS) is 10.7. The van der Waals surface area contributed by atoms with Crippen LogP contribution in [0.15, 0.2) is 48.5 Å². The molecule has 1 N–H and O–H groups in total. The van der Waals surface area contributed by atoms with Crippen molar-refractivity contribution in [2.75, 3.05) is 0 Å². The standard InChI is InChI=1S/C17H21NO/c1-13(2)18-12-15-11-14(3)9-10-17(15)19-16-7-5-4-6-8-16/h4-11,13,18H,12H2,1-3H3. The number of rotatable bonds is 5. The molecule has 0 unspecified atom stereocenters. The molecule has 2 aromatic rings. The molecule has 0 bridgehead atoms. The Morgan fingerprint density at radius 3 is 2.47 bits per heavy atom. The van der Waals surface area contributed by atoms with Gasteiger partial charge in [-0.2, -0.15) is 0 Å². The van der Waals surface area contributed by atoms with E-state index in [1.807, 2.05) is 36.4 Å². The summed E-state index contributed by atoms with van der Waals surface area (Å²) in [6.07, 6.45) is 0. The molecule has 0 radical (unpaired) electrons. The SMILES string of the molecule is Cc1ccc(Oc2ccccc2)c(CNC(C)C)c1. The van der Waals surface area contributed by atoms with Crippen molar-refractivity contribution < 1.29 is 4.74 Å². The van der Waals surface area contributed by atoms with E-state index < -0.39 is 0 Å². The molecule has 100 valence electrons. The summed E-state index contributed by atoms with van der Waals surface area (Å²) >= 11 is 0. The summed E-state index contributed by atoms with van der Waals surface area (Å²) in [6, 6.07) is 16.7. The van der Waals surface area contributed by atoms with Gasteiger partial charge in [-0.15, -0.1) is 0 Å². The summed E-state index contributed by atoms with van der Waals surface area (Å²) in [5.41, 5.74) is 2.44. The lowest BCUT2D eigenvalue weighted by molar-refractivity contribution is 0.469. The molecule has 2 rings (SSSR count). The van der Waals surface area contributed by atoms with Crippen LogP contribution in [0, 0.1) is 6.92 Å². The largest absolute Gasteiger partial charge is 0.457 e. The quantitative estimate of drug-likeness (QED) is 0.860. The molecule has 0 spiro atoms. The number of para-hydroxylation sites is 1. The van der Waals surface area contributed by atoms with Crippen molar-refractivity contribution >= 4 is 0 Å². The lowest BCUT2D eigenvalue weighted by Gasteiger charge is -2.14. The van der Waals surface area contributed by atoms with Crippen molar-refractivity contribution in [3.63, 3.8) is 0 Å². The van der Waals surface area contributed by atoms with E-state index in [2.05, 4.69) is 38.2 Å². The molecule has 0 aromatic heterocycles. The van der Waals surface area contributed by atoms with Crippen LogP contribution in [0.2, 0.25) is 0 Å². The van der Waals surface area contributed by atoms with Crippen molar-refractivity contribution in [3.05, 3.63) is 59.7 Å². The van der Waals surface area contributed by atoms with Crippen LogP contribution in [-0.4, -0.2) is 6.04 Å². The number of hydrogen-bond acceptors (Lipinski definition) is 2. The molecule has 0 aliphatic rings. The zero-order valence-corrected chi connectivity index (χ0v) is 11.8. The van der Waals surface area contributed by atoms with E-state index in [-0.39, 0.29) is 0 Å². The molecule has 0 fully saturated rings. The van der Waals surface area contributed by atoms with Crippen molar-refractivity contribution in [2.45, 2.75) is 33.4 Å². The van der Waals surface area contributed by atoms with E-state index in [1.54, 1.807) is 0 Å². The van der Waals surface area contributed by atoms with Gasteiger partial charge in [0.05, 0.1) is 0 Å². The van der Waals surface area contributed by atoms with Crippen molar-refractivity contribution in [1.29, 1.82) is 0 Å². The van der Waals surface area contributed by atoms with E-state index in [0.717, 1.165) is 18.0 Å². The number of aryl methyl sites for hydroxylation is 1. The minimum absolute atomic E-state index is 0.463. The molecule has 0 saturated heterocycles. The average molecular weight is 255 g/mol. The summed E-state index contributed by atoms with van der Waals surface area (Å²) in [5.74, 6) is 1.79. The summed E-state index contributed by atoms with van der Waals surface area (Å²) in [5, 5.41) is 3.44. The minimum Gasteiger partial charge on any atom is -0.457 e. The number of hydrogen-bond donors (Lipinski definition) is 1. The highest BCUT2D eigenvalue weighted by Crippen LogP contribution is 2.26. The first-order valence-corrected chi connectivity index (χ1v) is 6.71. The third-order valence-corrected chi connectivity index (χ3v) is 2.89. The highest BCUT2D eigenvalue weighted by Gasteiger charge is 2.06. The van der Waals surface area contributed by atoms with Gasteiger partial charge in [0, 0.05) is 18.2 Å². The molecule has 19 heavy (non-hydrogen) atoms. The first-order valence-electron chi connectivity index (χ1n) is 6.71. The Morgan fingerprint density at radius 1 is 1.05 bits per heavy atom. The van der Waals surface area contributed by atoms with E-state index in [4.69, 9.17) is 4.74 Å². The van der Waals surface area contributed by atoms with Crippen LogP contribution in [0.5, 0.6) is 11.5 Å². The monoisotopic (exact) mass is 255 g/mol. The van der Waals surface area contributed by atoms with Crippen LogP contribution < -0.4 is 10.1 Å². The van der Waals surface area contributed by atoms with Crippen LogP contribution in [0.4, 0.5) is 0 Å². The molecule has 0 atom stereocenters. The lowest BCUT2D eigenvalue weighted by atomic mass is 10.1. The van der Waals surface area contributed by atoms with Crippen molar-refractivity contribution in [1.82, 2.24) is 5.32 Å². The summed E-state index contributed by atoms with van der Waals surface area (Å²) in [7, 11) is 0. The second-order valence-corrected chi connectivity index (χ2v) is 5.06. The molecule has 0 amide bonds. The van der Waals surface area contributed by atoms with E-state index in [1.165, 1.54) is 11.1 Å². The molecule has 0 heterocycles. The Labute approximate surface area is 115 Å². The first-order chi connectivity index (χ1) is 9.15. The topological polar surface area (TPSA) is 21.3 Å². The molecular weight excluding hydrogens is 234 g/mol. The summed E-state index contributed by atoms with van der Waals surface area (Å²) < 4.78 is 5.96. The van der Waals surface area contributed by atoms with Crippen LogP contribution in [0.25, 0.3) is 0 Å². The zero-order chi connectivity index (χ0) is 13.7. The van der Waals surface area contributed by atoms with Gasteiger partial charge in [-0.05, 0) is 25.1 Å². The van der Waals surface area contributed by atoms with E-state index in [9.17, 15) is 0 Å². The maximum Gasteiger partial charge on any atom is 0.131 e. The van der Waals surface area contributed by atoms with Gasteiger partial charge in [0.15, 0.2) is 0 Å². The Bertz CT molecular complexity index is 520. The van der Waals surface area contributed by atoms with E-state index in [0.29, 0.717) is 6.04 Å². The highest BCUT2D eigenvalue weighted by molar-refractivity contribution is 5.40. The second-order valence-electron chi connectivity index (χ2n) is 5.06. The third-order valence-electron chi connectivity index (χ3n) is 2.89. The molecule has 2 aromatic carbocycles. The smallest absolute Gasteiger partial charge is 0.131 e. The Hall–Kier alpha value is -1.80. The lowest BCUT2D eigenvalue weighted by Crippen LogP contribution is -2.22. The maximum absolute atomic E-state index is 5.96. The molecular formula is C17H21NO. The fourth-order valence-electron chi connectivity index (χ4n) is 1.88. The maximum atomic E-state index is 5.96. The number of nitrogens with one attached hydrogen (secondary N) is 1. The van der Waals surface area contributed by atoms with Gasteiger partial charge < -0.3 is 10.1 Å². The third kappa shape index (κ3) is 4.11. The first kappa shape index (κ1) is 13.6. The predicted octanol–water partition coefficient (Wildman–Crippen LogP) is 4.29. The van der Waals surface area contributed by atoms with Crippen LogP contribution in [0.1, 0.15) is 25.0 Å². The van der Waals surface area contributed by atoms with Gasteiger partial charge in [-0.1, -0.05) is 49.7 Å². The Morgan fingerprint density at radius 2 is 1.79 bits per heavy atom. The van der Waals surface area contributed by atoms with Crippen molar-refractivity contribution in [2.24, 2.45) is 0 Å². The molecule has 2 nitrogen and oxygen atoms in total.